The largest absolute Gasteiger partial charge is 0.396 e. The third-order valence-electron chi connectivity index (χ3n) is 2.01. The lowest BCUT2D eigenvalue weighted by molar-refractivity contribution is -0.242. The third-order valence-corrected chi connectivity index (χ3v) is 2.01. The highest BCUT2D eigenvalue weighted by Gasteiger charge is 2.44. The van der Waals surface area contributed by atoms with Crippen molar-refractivity contribution in [2.45, 2.75) is 18.6 Å². The van der Waals surface area contributed by atoms with Gasteiger partial charge in [-0.2, -0.15) is 0 Å². The molecule has 0 aromatic heterocycles. The molecule has 3 heteroatoms. The van der Waals surface area contributed by atoms with Gasteiger partial charge in [0.1, 0.15) is 0 Å². The monoisotopic (exact) mass is 145 g/mol. The van der Waals surface area contributed by atoms with Gasteiger partial charge in [-0.25, -0.2) is 0 Å². The first kappa shape index (κ1) is 7.98. The van der Waals surface area contributed by atoms with E-state index in [0.29, 0.717) is 0 Å². The van der Waals surface area contributed by atoms with Crippen LogP contribution in [0.25, 0.3) is 0 Å². The highest BCUT2D eigenvalue weighted by atomic mass is 16.7. The predicted octanol–water partition coefficient (Wildman–Crippen LogP) is 0.336. The molecule has 0 saturated heterocycles. The first-order chi connectivity index (χ1) is 4.76. The maximum Gasteiger partial charge on any atom is 0.168 e. The first-order valence-corrected chi connectivity index (χ1v) is 3.31. The van der Waals surface area contributed by atoms with Gasteiger partial charge in [0.05, 0.1) is 0 Å². The average molecular weight is 145 g/mol. The fourth-order valence-corrected chi connectivity index (χ4v) is 1.19. The van der Waals surface area contributed by atoms with Crippen molar-refractivity contribution < 1.29 is 14.6 Å². The topological polar surface area (TPSA) is 38.7 Å². The molecule has 0 unspecified atom stereocenters. The van der Waals surface area contributed by atoms with Gasteiger partial charge in [-0.15, -0.1) is 0 Å². The summed E-state index contributed by atoms with van der Waals surface area (Å²) in [6.07, 6.45) is 1.47. The third kappa shape index (κ3) is 1.17. The van der Waals surface area contributed by atoms with Crippen molar-refractivity contribution in [1.82, 2.24) is 0 Å². The van der Waals surface area contributed by atoms with Crippen molar-refractivity contribution >= 4 is 0 Å². The molecule has 0 spiro atoms. The van der Waals surface area contributed by atoms with E-state index in [2.05, 4.69) is 0 Å². The van der Waals surface area contributed by atoms with Gasteiger partial charge in [-0.3, -0.25) is 0 Å². The van der Waals surface area contributed by atoms with Crippen molar-refractivity contribution in [3.8, 4) is 0 Å². The highest BCUT2D eigenvalue weighted by Crippen LogP contribution is 2.41. The summed E-state index contributed by atoms with van der Waals surface area (Å²) in [6, 6.07) is 0. The zero-order chi connectivity index (χ0) is 7.61. The zero-order valence-corrected chi connectivity index (χ0v) is 6.39. The Hall–Kier alpha value is -0.120. The van der Waals surface area contributed by atoms with Gasteiger partial charge in [0.25, 0.3) is 0 Å². The van der Waals surface area contributed by atoms with Gasteiger partial charge in [0.2, 0.25) is 0 Å². The summed E-state index contributed by atoms with van der Waals surface area (Å²) in [7, 11) is 3.25. The lowest BCUT2D eigenvalue weighted by Gasteiger charge is -2.43. The summed E-state index contributed by atoms with van der Waals surface area (Å²) < 4.78 is 10.2. The Kier molecular flexibility index (Phi) is 2.28. The molecule has 3 nitrogen and oxygen atoms in total. The summed E-state index contributed by atoms with van der Waals surface area (Å²) in [5.74, 6) is 0.682. The average Bonchev–Trinajstić information content (AvgIpc) is 1.89. The second kappa shape index (κ2) is 2.86. The molecule has 0 atom stereocenters. The molecule has 0 aromatic rings. The minimum atomic E-state index is -0.419. The zero-order valence-electron chi connectivity index (χ0n) is 6.39. The number of methoxy groups -OCH3 is 2. The number of aliphatic hydroxyl groups excluding tert-OH is 1. The summed E-state index contributed by atoms with van der Waals surface area (Å²) in [5, 5.41) is 8.66. The van der Waals surface area contributed by atoms with Crippen LogP contribution in [0.5, 0.6) is 0 Å². The Morgan fingerprint density at radius 3 is 2.20 bits per heavy atom. The Bertz CT molecular complexity index is 101. The summed E-state index contributed by atoms with van der Waals surface area (Å²) in [5.41, 5.74) is 0. The lowest BCUT2D eigenvalue weighted by Crippen LogP contribution is -2.47. The second-order valence-corrected chi connectivity index (χ2v) is 2.58. The number of rotatable bonds is 3. The fourth-order valence-electron chi connectivity index (χ4n) is 1.19. The van der Waals surface area contributed by atoms with Crippen molar-refractivity contribution in [1.29, 1.82) is 0 Å². The van der Waals surface area contributed by atoms with E-state index in [1.54, 1.807) is 14.2 Å². The number of ether oxygens (including phenoxy) is 2. The summed E-state index contributed by atoms with van der Waals surface area (Å²) in [6.45, 7) is 0.161. The molecule has 1 saturated carbocycles. The Morgan fingerprint density at radius 2 is 1.90 bits per heavy atom. The van der Waals surface area contributed by atoms with E-state index in [-0.39, 0.29) is 6.61 Å². The molecule has 0 heterocycles. The van der Waals surface area contributed by atoms with E-state index in [9.17, 15) is 0 Å². The van der Waals surface area contributed by atoms with E-state index < -0.39 is 5.79 Å². The van der Waals surface area contributed by atoms with Crippen molar-refractivity contribution in [3.63, 3.8) is 0 Å². The van der Waals surface area contributed by atoms with Crippen LogP contribution in [-0.4, -0.2) is 31.7 Å². The molecule has 1 aliphatic rings. The molecular formula is C7H13O3. The molecule has 0 amide bonds. The molecule has 0 aromatic carbocycles. The number of aliphatic hydroxyl groups is 1. The lowest BCUT2D eigenvalue weighted by atomic mass is 9.79. The van der Waals surface area contributed by atoms with Gasteiger partial charge in [-0.05, 0) is 0 Å². The Labute approximate surface area is 60.9 Å². The smallest absolute Gasteiger partial charge is 0.168 e. The van der Waals surface area contributed by atoms with Crippen LogP contribution in [0.4, 0.5) is 0 Å². The molecular weight excluding hydrogens is 132 g/mol. The molecule has 0 aliphatic heterocycles. The van der Waals surface area contributed by atoms with Crippen LogP contribution < -0.4 is 0 Å². The van der Waals surface area contributed by atoms with E-state index in [1.165, 1.54) is 0 Å². The quantitative estimate of drug-likeness (QED) is 0.582. The van der Waals surface area contributed by atoms with E-state index in [1.807, 2.05) is 0 Å². The van der Waals surface area contributed by atoms with Crippen molar-refractivity contribution in [3.05, 3.63) is 5.92 Å². The highest BCUT2D eigenvalue weighted by molar-refractivity contribution is 5.09. The van der Waals surface area contributed by atoms with Gasteiger partial charge < -0.3 is 14.6 Å². The second-order valence-electron chi connectivity index (χ2n) is 2.58. The summed E-state index contributed by atoms with van der Waals surface area (Å²) in [4.78, 5) is 0. The van der Waals surface area contributed by atoms with Crippen LogP contribution in [0, 0.1) is 5.92 Å². The Morgan fingerprint density at radius 1 is 1.40 bits per heavy atom. The standard InChI is InChI=1S/C7H13O3/c1-9-7(10-2)3-6(4-7)5-8/h8H,3-5H2,1-2H3. The minimum absolute atomic E-state index is 0.161. The van der Waals surface area contributed by atoms with Crippen molar-refractivity contribution in [2.24, 2.45) is 0 Å². The molecule has 10 heavy (non-hydrogen) atoms. The minimum Gasteiger partial charge on any atom is -0.396 e. The van der Waals surface area contributed by atoms with Gasteiger partial charge >= 0.3 is 0 Å². The number of hydrogen-bond donors (Lipinski definition) is 1. The van der Waals surface area contributed by atoms with Gasteiger partial charge in [-0.1, -0.05) is 0 Å². The van der Waals surface area contributed by atoms with E-state index in [0.717, 1.165) is 18.8 Å². The van der Waals surface area contributed by atoms with Crippen molar-refractivity contribution in [2.75, 3.05) is 20.8 Å². The SMILES string of the molecule is COC1(OC)C[C](CO)C1. The fraction of sp³-hybridized carbons (Fsp3) is 0.857. The molecule has 1 rings (SSSR count). The number of hydrogen-bond acceptors (Lipinski definition) is 3. The predicted molar refractivity (Wildman–Crippen MR) is 36.3 cm³/mol. The van der Waals surface area contributed by atoms with Gasteiger partial charge in [0.15, 0.2) is 5.79 Å². The van der Waals surface area contributed by atoms with Crippen LogP contribution in [0.15, 0.2) is 0 Å². The molecule has 1 fully saturated rings. The molecule has 1 radical (unpaired) electrons. The van der Waals surface area contributed by atoms with Gasteiger partial charge in [0, 0.05) is 39.6 Å². The maximum absolute atomic E-state index is 8.66. The van der Waals surface area contributed by atoms with Crippen LogP contribution in [0.1, 0.15) is 12.8 Å². The molecule has 1 aliphatic carbocycles. The summed E-state index contributed by atoms with van der Waals surface area (Å²) >= 11 is 0. The van der Waals surface area contributed by atoms with Crippen LogP contribution in [-0.2, 0) is 9.47 Å². The van der Waals surface area contributed by atoms with E-state index >= 15 is 0 Å². The normalized spacial score (nSPS) is 24.3. The van der Waals surface area contributed by atoms with Crippen LogP contribution >= 0.6 is 0 Å². The molecule has 0 bridgehead atoms. The molecule has 59 valence electrons. The first-order valence-electron chi connectivity index (χ1n) is 3.31. The van der Waals surface area contributed by atoms with Crippen LogP contribution in [0.3, 0.4) is 0 Å². The maximum atomic E-state index is 8.66. The van der Waals surface area contributed by atoms with Crippen LogP contribution in [0.2, 0.25) is 0 Å². The van der Waals surface area contributed by atoms with E-state index in [4.69, 9.17) is 14.6 Å². The Balaban J connectivity index is 2.31. The molecule has 1 N–H and O–H groups in total.